The van der Waals surface area contributed by atoms with Crippen molar-refractivity contribution in [3.05, 3.63) is 45.8 Å². The van der Waals surface area contributed by atoms with E-state index in [1.165, 1.54) is 11.1 Å². The first-order chi connectivity index (χ1) is 7.22. The number of rotatable bonds is 2. The topological polar surface area (TPSA) is 30.2 Å². The summed E-state index contributed by atoms with van der Waals surface area (Å²) in [5, 5.41) is 0. The van der Waals surface area contributed by atoms with E-state index in [0.717, 1.165) is 18.4 Å². The van der Waals surface area contributed by atoms with Crippen LogP contribution in [0.15, 0.2) is 33.5 Å². The molecule has 0 bridgehead atoms. The summed E-state index contributed by atoms with van der Waals surface area (Å²) in [7, 11) is 0. The molecule has 0 atom stereocenters. The first-order valence-electron chi connectivity index (χ1n) is 5.29. The average molecular weight is 202 g/mol. The summed E-state index contributed by atoms with van der Waals surface area (Å²) in [5.41, 5.74) is 3.08. The number of hydrogen-bond donors (Lipinski definition) is 0. The van der Waals surface area contributed by atoms with Crippen LogP contribution >= 0.6 is 0 Å². The first kappa shape index (κ1) is 9.97. The summed E-state index contributed by atoms with van der Waals surface area (Å²) >= 11 is 0. The number of furan rings is 1. The minimum absolute atomic E-state index is 0.264. The van der Waals surface area contributed by atoms with Gasteiger partial charge in [0.15, 0.2) is 0 Å². The molecular weight excluding hydrogens is 188 g/mol. The third-order valence-corrected chi connectivity index (χ3v) is 2.61. The van der Waals surface area contributed by atoms with E-state index in [-0.39, 0.29) is 5.63 Å². The van der Waals surface area contributed by atoms with Crippen LogP contribution in [0.1, 0.15) is 25.0 Å². The number of hydrogen-bond acceptors (Lipinski definition) is 2. The van der Waals surface area contributed by atoms with E-state index in [1.807, 2.05) is 12.1 Å². The zero-order valence-electron chi connectivity index (χ0n) is 9.04. The van der Waals surface area contributed by atoms with Gasteiger partial charge in [0.25, 0.3) is 0 Å². The van der Waals surface area contributed by atoms with Crippen molar-refractivity contribution in [3.63, 3.8) is 0 Å². The van der Waals surface area contributed by atoms with E-state index in [4.69, 9.17) is 4.42 Å². The van der Waals surface area contributed by atoms with E-state index < -0.39 is 0 Å². The molecular formula is C13H14O2. The lowest BCUT2D eigenvalue weighted by Gasteiger charge is -1.92. The Morgan fingerprint density at radius 1 is 1.00 bits per heavy atom. The fourth-order valence-corrected chi connectivity index (χ4v) is 1.72. The van der Waals surface area contributed by atoms with Gasteiger partial charge in [-0.3, -0.25) is 0 Å². The molecule has 2 nitrogen and oxygen atoms in total. The summed E-state index contributed by atoms with van der Waals surface area (Å²) in [6.45, 7) is 4.21. The van der Waals surface area contributed by atoms with Crippen LogP contribution < -0.4 is 5.63 Å². The Morgan fingerprint density at radius 2 is 1.67 bits per heavy atom. The molecule has 1 aliphatic heterocycles. The first-order valence-corrected chi connectivity index (χ1v) is 5.29. The van der Waals surface area contributed by atoms with Crippen LogP contribution in [0.25, 0.3) is 11.3 Å². The van der Waals surface area contributed by atoms with Gasteiger partial charge in [0.05, 0.1) is 0 Å². The molecule has 2 rings (SSSR count). The van der Waals surface area contributed by atoms with Crippen LogP contribution in [-0.2, 0) is 12.8 Å². The van der Waals surface area contributed by atoms with Crippen molar-refractivity contribution in [2.24, 2.45) is 0 Å². The molecule has 0 spiro atoms. The van der Waals surface area contributed by atoms with E-state index in [0.29, 0.717) is 5.76 Å². The predicted octanol–water partition coefficient (Wildman–Crippen LogP) is 2.87. The molecule has 0 saturated carbocycles. The van der Waals surface area contributed by atoms with Crippen molar-refractivity contribution in [1.82, 2.24) is 0 Å². The van der Waals surface area contributed by atoms with Crippen LogP contribution in [0.4, 0.5) is 0 Å². The van der Waals surface area contributed by atoms with Gasteiger partial charge in [-0.25, -0.2) is 4.79 Å². The Hall–Kier alpha value is -1.57. The van der Waals surface area contributed by atoms with Gasteiger partial charge in [-0.05, 0) is 36.1 Å². The molecule has 0 N–H and O–H groups in total. The maximum atomic E-state index is 11.1. The van der Waals surface area contributed by atoms with Crippen molar-refractivity contribution in [3.8, 4) is 11.3 Å². The highest BCUT2D eigenvalue weighted by Crippen LogP contribution is 2.22. The molecule has 0 amide bonds. The van der Waals surface area contributed by atoms with Gasteiger partial charge >= 0.3 is 5.63 Å². The molecule has 78 valence electrons. The van der Waals surface area contributed by atoms with Crippen LogP contribution in [-0.4, -0.2) is 0 Å². The van der Waals surface area contributed by atoms with Crippen molar-refractivity contribution < 1.29 is 4.42 Å². The normalized spacial score (nSPS) is 10.8. The summed E-state index contributed by atoms with van der Waals surface area (Å²) < 4.78 is 5.11. The summed E-state index contributed by atoms with van der Waals surface area (Å²) in [6.07, 6.45) is 1.92. The Kier molecular flexibility index (Phi) is 2.58. The third-order valence-electron chi connectivity index (χ3n) is 2.61. The molecule has 0 aromatic rings. The zero-order chi connectivity index (χ0) is 10.8. The van der Waals surface area contributed by atoms with Gasteiger partial charge in [-0.1, -0.05) is 19.9 Å². The molecule has 1 aliphatic carbocycles. The molecule has 0 saturated heterocycles. The summed E-state index contributed by atoms with van der Waals surface area (Å²) in [5.74, 6) is 0.691. The molecule has 2 aliphatic rings. The summed E-state index contributed by atoms with van der Waals surface area (Å²) in [6, 6.07) is 7.70. The molecule has 1 heterocycles. The van der Waals surface area contributed by atoms with Gasteiger partial charge in [-0.2, -0.15) is 0 Å². The average Bonchev–Trinajstić information content (AvgIpc) is 2.46. The van der Waals surface area contributed by atoms with Gasteiger partial charge in [-0.15, -0.1) is 0 Å². The van der Waals surface area contributed by atoms with Crippen molar-refractivity contribution in [2.75, 3.05) is 0 Å². The van der Waals surface area contributed by atoms with E-state index in [1.54, 1.807) is 6.07 Å². The Balaban J connectivity index is 2.71. The van der Waals surface area contributed by atoms with E-state index in [9.17, 15) is 4.79 Å². The van der Waals surface area contributed by atoms with Crippen molar-refractivity contribution >= 4 is 0 Å². The van der Waals surface area contributed by atoms with Gasteiger partial charge in [0, 0.05) is 11.6 Å². The van der Waals surface area contributed by atoms with Crippen molar-refractivity contribution in [2.45, 2.75) is 26.7 Å². The van der Waals surface area contributed by atoms with Gasteiger partial charge < -0.3 is 4.42 Å². The number of aryl methyl sites for hydroxylation is 2. The second-order valence-corrected chi connectivity index (χ2v) is 3.67. The predicted molar refractivity (Wildman–Crippen MR) is 60.4 cm³/mol. The van der Waals surface area contributed by atoms with Crippen LogP contribution in [0.3, 0.4) is 0 Å². The van der Waals surface area contributed by atoms with Crippen molar-refractivity contribution in [1.29, 1.82) is 0 Å². The highest BCUT2D eigenvalue weighted by atomic mass is 16.4. The zero-order valence-corrected chi connectivity index (χ0v) is 9.04. The monoisotopic (exact) mass is 202 g/mol. The molecule has 2 heteroatoms. The summed E-state index contributed by atoms with van der Waals surface area (Å²) in [4.78, 5) is 11.1. The van der Waals surface area contributed by atoms with Crippen LogP contribution in [0, 0.1) is 0 Å². The third kappa shape index (κ3) is 1.94. The highest BCUT2D eigenvalue weighted by Gasteiger charge is 2.08. The maximum absolute atomic E-state index is 11.1. The standard InChI is InChI=1S/C13H14O2/c1-3-9-5-10(4-2)7-12-11(6-9)8-13(14)15-12/h5-8H,3-4H2,1-2H3. The molecule has 0 aromatic heterocycles. The molecule has 0 aromatic carbocycles. The Morgan fingerprint density at radius 3 is 2.33 bits per heavy atom. The lowest BCUT2D eigenvalue weighted by atomic mass is 10.1. The minimum Gasteiger partial charge on any atom is -0.423 e. The minimum atomic E-state index is -0.264. The highest BCUT2D eigenvalue weighted by molar-refractivity contribution is 5.60. The maximum Gasteiger partial charge on any atom is 0.336 e. The Labute approximate surface area is 88.9 Å². The fourth-order valence-electron chi connectivity index (χ4n) is 1.72. The lowest BCUT2D eigenvalue weighted by Crippen LogP contribution is -1.85. The van der Waals surface area contributed by atoms with E-state index >= 15 is 0 Å². The molecule has 0 fully saturated rings. The second-order valence-electron chi connectivity index (χ2n) is 3.67. The second kappa shape index (κ2) is 3.89. The molecule has 0 radical (unpaired) electrons. The Bertz CT molecular complexity index is 455. The van der Waals surface area contributed by atoms with Gasteiger partial charge in [0.1, 0.15) is 5.76 Å². The smallest absolute Gasteiger partial charge is 0.336 e. The van der Waals surface area contributed by atoms with Gasteiger partial charge in [0.2, 0.25) is 0 Å². The largest absolute Gasteiger partial charge is 0.423 e. The SMILES string of the molecule is CCc1cc(CC)cc2oc(=O)cc-2c1. The number of fused-ring (bicyclic) bond motifs is 1. The van der Waals surface area contributed by atoms with Crippen LogP contribution in [0.2, 0.25) is 0 Å². The quantitative estimate of drug-likeness (QED) is 0.749. The molecule has 15 heavy (non-hydrogen) atoms. The van der Waals surface area contributed by atoms with E-state index in [2.05, 4.69) is 19.9 Å². The molecule has 0 unspecified atom stereocenters. The van der Waals surface area contributed by atoms with Crippen LogP contribution in [0.5, 0.6) is 0 Å². The lowest BCUT2D eigenvalue weighted by molar-refractivity contribution is 0.544. The fraction of sp³-hybridized carbons (Fsp3) is 0.308.